The number of aromatic amines is 1. The Hall–Kier alpha value is -3.75. The third-order valence-corrected chi connectivity index (χ3v) is 3.48. The van der Waals surface area contributed by atoms with Crippen LogP contribution in [0.2, 0.25) is 0 Å². The van der Waals surface area contributed by atoms with Crippen molar-refractivity contribution in [3.63, 3.8) is 0 Å². The van der Waals surface area contributed by atoms with Gasteiger partial charge in [0.05, 0.1) is 25.3 Å². The van der Waals surface area contributed by atoms with Crippen LogP contribution in [0, 0.1) is 0 Å². The molecule has 0 spiro atoms. The molecule has 0 aliphatic carbocycles. The number of hydrogen-bond acceptors (Lipinski definition) is 8. The molecule has 0 saturated carbocycles. The van der Waals surface area contributed by atoms with Crippen molar-refractivity contribution in [1.82, 2.24) is 9.97 Å². The molecule has 0 fully saturated rings. The Labute approximate surface area is 146 Å². The highest BCUT2D eigenvalue weighted by molar-refractivity contribution is 6.40. The molecule has 26 heavy (non-hydrogen) atoms. The van der Waals surface area contributed by atoms with Crippen LogP contribution in [0.3, 0.4) is 0 Å². The summed E-state index contributed by atoms with van der Waals surface area (Å²) < 4.78 is 9.66. The first-order valence-corrected chi connectivity index (χ1v) is 7.55. The van der Waals surface area contributed by atoms with E-state index in [0.717, 1.165) is 0 Å². The van der Waals surface area contributed by atoms with E-state index in [1.54, 1.807) is 30.3 Å². The summed E-state index contributed by atoms with van der Waals surface area (Å²) in [5.41, 5.74) is 2.36. The molecule has 9 nitrogen and oxygen atoms in total. The quantitative estimate of drug-likeness (QED) is 0.299. The molecule has 0 unspecified atom stereocenters. The zero-order valence-corrected chi connectivity index (χ0v) is 13.7. The number of furan rings is 1. The Morgan fingerprint density at radius 1 is 1.27 bits per heavy atom. The number of Topliss-reactive ketones (excluding diaryl/α,β-unsaturated/α-hetero) is 1. The molecule has 0 aliphatic heterocycles. The number of hydrazone groups is 1. The molecule has 132 valence electrons. The Morgan fingerprint density at radius 2 is 2.08 bits per heavy atom. The highest BCUT2D eigenvalue weighted by atomic mass is 16.5. The summed E-state index contributed by atoms with van der Waals surface area (Å²) in [5.74, 6) is -0.978. The van der Waals surface area contributed by atoms with Crippen LogP contribution < -0.4 is 11.1 Å². The van der Waals surface area contributed by atoms with Gasteiger partial charge in [0.2, 0.25) is 5.78 Å². The molecule has 0 atom stereocenters. The zero-order valence-electron chi connectivity index (χ0n) is 13.7. The van der Waals surface area contributed by atoms with Crippen molar-refractivity contribution in [1.29, 1.82) is 0 Å². The fourth-order valence-corrected chi connectivity index (χ4v) is 2.26. The van der Waals surface area contributed by atoms with Crippen molar-refractivity contribution in [2.75, 3.05) is 12.5 Å². The number of rotatable bonds is 6. The van der Waals surface area contributed by atoms with Gasteiger partial charge in [-0.15, -0.1) is 0 Å². The normalized spacial score (nSPS) is 11.3. The molecule has 2 aromatic heterocycles. The number of carbonyl (C=O) groups excluding carboxylic acids is 2. The fourth-order valence-electron chi connectivity index (χ4n) is 2.26. The second-order valence-electron chi connectivity index (χ2n) is 5.18. The van der Waals surface area contributed by atoms with Gasteiger partial charge in [-0.05, 0) is 24.3 Å². The van der Waals surface area contributed by atoms with Crippen LogP contribution in [0.1, 0.15) is 17.0 Å². The van der Waals surface area contributed by atoms with Crippen molar-refractivity contribution < 1.29 is 18.7 Å². The van der Waals surface area contributed by atoms with Crippen LogP contribution in [0.25, 0.3) is 10.9 Å². The first kappa shape index (κ1) is 17.1. The van der Waals surface area contributed by atoms with Crippen LogP contribution >= 0.6 is 0 Å². The van der Waals surface area contributed by atoms with Crippen LogP contribution in [0.4, 0.5) is 5.82 Å². The maximum atomic E-state index is 12.1. The number of nitrogens with one attached hydrogen (secondary N) is 2. The molecular formula is C17H14N4O5. The Bertz CT molecular complexity index is 1040. The SMILES string of the molecule is COC(=O)C(CC(=O)c1ccco1)=NNc1nc(=O)[nH]c2ccccc12. The number of hydrogen-bond donors (Lipinski definition) is 2. The molecular weight excluding hydrogens is 340 g/mol. The van der Waals surface area contributed by atoms with Gasteiger partial charge in [0.25, 0.3) is 0 Å². The van der Waals surface area contributed by atoms with Gasteiger partial charge in [-0.25, -0.2) is 9.59 Å². The largest absolute Gasteiger partial charge is 0.464 e. The van der Waals surface area contributed by atoms with Gasteiger partial charge >= 0.3 is 11.7 Å². The number of nitrogens with zero attached hydrogens (tertiary/aromatic N) is 2. The summed E-state index contributed by atoms with van der Waals surface area (Å²) in [5, 5.41) is 4.51. The molecule has 0 saturated heterocycles. The van der Waals surface area contributed by atoms with E-state index in [1.165, 1.54) is 19.4 Å². The number of aromatic nitrogens is 2. The minimum Gasteiger partial charge on any atom is -0.464 e. The predicted octanol–water partition coefficient (Wildman–Crippen LogP) is 1.73. The molecule has 3 aromatic rings. The Morgan fingerprint density at radius 3 is 2.81 bits per heavy atom. The average molecular weight is 354 g/mol. The van der Waals surface area contributed by atoms with Crippen molar-refractivity contribution in [2.24, 2.45) is 5.10 Å². The summed E-state index contributed by atoms with van der Waals surface area (Å²) in [7, 11) is 1.18. The number of ether oxygens (including phenoxy) is 1. The van der Waals surface area contributed by atoms with Crippen molar-refractivity contribution >= 4 is 34.2 Å². The number of methoxy groups -OCH3 is 1. The van der Waals surface area contributed by atoms with E-state index in [1.807, 2.05) is 0 Å². The molecule has 0 radical (unpaired) electrons. The number of anilines is 1. The van der Waals surface area contributed by atoms with Crippen LogP contribution in [-0.2, 0) is 9.53 Å². The van der Waals surface area contributed by atoms with Crippen LogP contribution in [0.5, 0.6) is 0 Å². The number of ketones is 1. The summed E-state index contributed by atoms with van der Waals surface area (Å²) in [6.07, 6.45) is 1.01. The van der Waals surface area contributed by atoms with Gasteiger partial charge in [-0.2, -0.15) is 10.1 Å². The standard InChI is InChI=1S/C17H14N4O5/c1-25-16(23)12(9-13(22)14-7-4-8-26-14)20-21-15-10-5-2-3-6-11(10)18-17(24)19-15/h2-8H,9H2,1H3,(H2,18,19,21,24). The van der Waals surface area contributed by atoms with Crippen LogP contribution in [0.15, 0.2) is 57.0 Å². The molecule has 2 heterocycles. The Balaban J connectivity index is 1.91. The summed E-state index contributed by atoms with van der Waals surface area (Å²) in [4.78, 5) is 42.1. The van der Waals surface area contributed by atoms with Crippen molar-refractivity contribution in [2.45, 2.75) is 6.42 Å². The second kappa shape index (κ2) is 7.43. The minimum absolute atomic E-state index is 0.0985. The fraction of sp³-hybridized carbons (Fsp3) is 0.118. The highest BCUT2D eigenvalue weighted by Gasteiger charge is 2.20. The minimum atomic E-state index is -0.786. The number of benzene rings is 1. The third-order valence-electron chi connectivity index (χ3n) is 3.48. The maximum absolute atomic E-state index is 12.1. The monoisotopic (exact) mass is 354 g/mol. The van der Waals surface area contributed by atoms with Gasteiger partial charge in [0.15, 0.2) is 17.3 Å². The van der Waals surface area contributed by atoms with Gasteiger partial charge in [-0.3, -0.25) is 10.2 Å². The van der Waals surface area contributed by atoms with Gasteiger partial charge in [0.1, 0.15) is 0 Å². The molecule has 3 rings (SSSR count). The lowest BCUT2D eigenvalue weighted by atomic mass is 10.1. The average Bonchev–Trinajstić information content (AvgIpc) is 3.18. The first-order chi connectivity index (χ1) is 12.6. The van der Waals surface area contributed by atoms with E-state index in [4.69, 9.17) is 4.42 Å². The van der Waals surface area contributed by atoms with Crippen molar-refractivity contribution in [3.8, 4) is 0 Å². The second-order valence-corrected chi connectivity index (χ2v) is 5.18. The number of para-hydroxylation sites is 1. The van der Waals surface area contributed by atoms with E-state index >= 15 is 0 Å². The van der Waals surface area contributed by atoms with E-state index in [2.05, 4.69) is 25.2 Å². The van der Waals surface area contributed by atoms with E-state index in [0.29, 0.717) is 10.9 Å². The lowest BCUT2D eigenvalue weighted by Crippen LogP contribution is -2.22. The first-order valence-electron chi connectivity index (χ1n) is 7.55. The molecule has 0 amide bonds. The zero-order chi connectivity index (χ0) is 18.5. The van der Waals surface area contributed by atoms with E-state index in [9.17, 15) is 14.4 Å². The highest BCUT2D eigenvalue weighted by Crippen LogP contribution is 2.17. The lowest BCUT2D eigenvalue weighted by Gasteiger charge is -2.06. The van der Waals surface area contributed by atoms with Crippen LogP contribution in [-0.4, -0.2) is 34.5 Å². The molecule has 1 aromatic carbocycles. The summed E-state index contributed by atoms with van der Waals surface area (Å²) in [6.45, 7) is 0. The van der Waals surface area contributed by atoms with Gasteiger partial charge < -0.3 is 14.1 Å². The van der Waals surface area contributed by atoms with E-state index in [-0.39, 0.29) is 23.7 Å². The topological polar surface area (TPSA) is 127 Å². The number of carbonyl (C=O) groups is 2. The molecule has 2 N–H and O–H groups in total. The third kappa shape index (κ3) is 3.66. The number of esters is 1. The number of fused-ring (bicyclic) bond motifs is 1. The maximum Gasteiger partial charge on any atom is 0.354 e. The van der Waals surface area contributed by atoms with E-state index < -0.39 is 17.4 Å². The molecule has 9 heteroatoms. The van der Waals surface area contributed by atoms with Gasteiger partial charge in [-0.1, -0.05) is 12.1 Å². The summed E-state index contributed by atoms with van der Waals surface area (Å²) >= 11 is 0. The van der Waals surface area contributed by atoms with Gasteiger partial charge in [0, 0.05) is 5.39 Å². The summed E-state index contributed by atoms with van der Waals surface area (Å²) in [6, 6.07) is 9.99. The van der Waals surface area contributed by atoms with Crippen molar-refractivity contribution in [3.05, 3.63) is 58.9 Å². The molecule has 0 bridgehead atoms. The molecule has 0 aliphatic rings. The Kier molecular flexibility index (Phi) is 4.88. The predicted molar refractivity (Wildman–Crippen MR) is 93.1 cm³/mol. The smallest absolute Gasteiger partial charge is 0.354 e. The number of H-pyrrole nitrogens is 1. The lowest BCUT2D eigenvalue weighted by molar-refractivity contribution is -0.132.